The van der Waals surface area contributed by atoms with Crippen LogP contribution >= 0.6 is 0 Å². The molecule has 112 valence electrons. The van der Waals surface area contributed by atoms with Gasteiger partial charge in [-0.25, -0.2) is 12.8 Å². The van der Waals surface area contributed by atoms with Crippen molar-refractivity contribution in [1.82, 2.24) is 4.31 Å². The lowest BCUT2D eigenvalue weighted by atomic mass is 9.85. The summed E-state index contributed by atoms with van der Waals surface area (Å²) in [6.45, 7) is 4.51. The van der Waals surface area contributed by atoms with Gasteiger partial charge in [0.05, 0.1) is 6.61 Å². The Labute approximate surface area is 119 Å². The number of nitrogens with zero attached hydrogens (tertiary/aromatic N) is 1. The van der Waals surface area contributed by atoms with Gasteiger partial charge in [-0.1, -0.05) is 19.9 Å². The molecule has 0 bridgehead atoms. The average molecular weight is 301 g/mol. The third-order valence-corrected chi connectivity index (χ3v) is 5.52. The first-order chi connectivity index (χ1) is 9.26. The van der Waals surface area contributed by atoms with Crippen molar-refractivity contribution in [2.45, 2.75) is 38.2 Å². The number of halogens is 1. The summed E-state index contributed by atoms with van der Waals surface area (Å²) in [5.41, 5.74) is 0.289. The van der Waals surface area contributed by atoms with Gasteiger partial charge in [0.1, 0.15) is 10.7 Å². The van der Waals surface area contributed by atoms with Crippen LogP contribution in [0.2, 0.25) is 0 Å². The molecule has 0 amide bonds. The van der Waals surface area contributed by atoms with Crippen LogP contribution in [0.25, 0.3) is 0 Å². The van der Waals surface area contributed by atoms with Crippen molar-refractivity contribution in [2.75, 3.05) is 13.1 Å². The van der Waals surface area contributed by atoms with Crippen molar-refractivity contribution < 1.29 is 17.9 Å². The van der Waals surface area contributed by atoms with Crippen LogP contribution in [0.15, 0.2) is 23.1 Å². The van der Waals surface area contributed by atoms with Gasteiger partial charge >= 0.3 is 0 Å². The van der Waals surface area contributed by atoms with Gasteiger partial charge in [-0.2, -0.15) is 4.31 Å². The standard InChI is InChI=1S/C14H20FNO3S/c1-14(2)6-3-7-16(10-14)20(18,19)13-8-11(9-17)4-5-12(13)15/h4-5,8,17H,3,6-7,9-10H2,1-2H3. The third-order valence-electron chi connectivity index (χ3n) is 3.66. The number of aliphatic hydroxyl groups excluding tert-OH is 1. The van der Waals surface area contributed by atoms with Crippen LogP contribution in [0.3, 0.4) is 0 Å². The van der Waals surface area contributed by atoms with E-state index in [-0.39, 0.29) is 16.9 Å². The first-order valence-electron chi connectivity index (χ1n) is 6.66. The van der Waals surface area contributed by atoms with Crippen LogP contribution in [0, 0.1) is 11.2 Å². The molecule has 2 rings (SSSR count). The molecule has 1 fully saturated rings. The Morgan fingerprint density at radius 3 is 2.70 bits per heavy atom. The lowest BCUT2D eigenvalue weighted by Crippen LogP contribution is -2.43. The molecule has 0 saturated carbocycles. The second-order valence-corrected chi connectivity index (χ2v) is 7.94. The van der Waals surface area contributed by atoms with E-state index in [0.717, 1.165) is 18.9 Å². The van der Waals surface area contributed by atoms with E-state index in [1.807, 2.05) is 13.8 Å². The van der Waals surface area contributed by atoms with Crippen molar-refractivity contribution in [2.24, 2.45) is 5.41 Å². The number of sulfonamides is 1. The van der Waals surface area contributed by atoms with Crippen molar-refractivity contribution in [1.29, 1.82) is 0 Å². The second kappa shape index (κ2) is 5.42. The maximum absolute atomic E-state index is 13.9. The molecule has 1 N–H and O–H groups in total. The van der Waals surface area contributed by atoms with Crippen LogP contribution in [-0.2, 0) is 16.6 Å². The lowest BCUT2D eigenvalue weighted by Gasteiger charge is -2.37. The predicted molar refractivity (Wildman–Crippen MR) is 74.1 cm³/mol. The summed E-state index contributed by atoms with van der Waals surface area (Å²) >= 11 is 0. The SMILES string of the molecule is CC1(C)CCCN(S(=O)(=O)c2cc(CO)ccc2F)C1. The molecule has 0 unspecified atom stereocenters. The Hall–Kier alpha value is -0.980. The molecular formula is C14H20FNO3S. The lowest BCUT2D eigenvalue weighted by molar-refractivity contribution is 0.186. The fourth-order valence-corrected chi connectivity index (χ4v) is 4.34. The summed E-state index contributed by atoms with van der Waals surface area (Å²) in [6.07, 6.45) is 1.73. The Morgan fingerprint density at radius 1 is 1.40 bits per heavy atom. The smallest absolute Gasteiger partial charge is 0.246 e. The molecular weight excluding hydrogens is 281 g/mol. The van der Waals surface area contributed by atoms with Crippen LogP contribution in [0.4, 0.5) is 4.39 Å². The van der Waals surface area contributed by atoms with Crippen LogP contribution in [-0.4, -0.2) is 30.9 Å². The summed E-state index contributed by atoms with van der Waals surface area (Å²) < 4.78 is 40.3. The molecule has 6 heteroatoms. The van der Waals surface area contributed by atoms with Gasteiger partial charge in [0.15, 0.2) is 0 Å². The minimum atomic E-state index is -3.85. The number of aliphatic hydroxyl groups is 1. The first kappa shape index (κ1) is 15.4. The van der Waals surface area contributed by atoms with E-state index >= 15 is 0 Å². The van der Waals surface area contributed by atoms with Crippen LogP contribution in [0.1, 0.15) is 32.3 Å². The Kier molecular flexibility index (Phi) is 4.18. The van der Waals surface area contributed by atoms with Gasteiger partial charge in [0.2, 0.25) is 10.0 Å². The second-order valence-electron chi connectivity index (χ2n) is 6.03. The topological polar surface area (TPSA) is 57.6 Å². The van der Waals surface area contributed by atoms with E-state index in [1.165, 1.54) is 16.4 Å². The quantitative estimate of drug-likeness (QED) is 0.930. The van der Waals surface area contributed by atoms with Gasteiger partial charge in [-0.15, -0.1) is 0 Å². The van der Waals surface area contributed by atoms with E-state index in [1.54, 1.807) is 0 Å². The molecule has 0 radical (unpaired) electrons. The van der Waals surface area contributed by atoms with Gasteiger partial charge in [-0.3, -0.25) is 0 Å². The fraction of sp³-hybridized carbons (Fsp3) is 0.571. The molecule has 1 aromatic carbocycles. The molecule has 0 atom stereocenters. The van der Waals surface area contributed by atoms with Crippen molar-refractivity contribution in [3.05, 3.63) is 29.6 Å². The Morgan fingerprint density at radius 2 is 2.10 bits per heavy atom. The van der Waals surface area contributed by atoms with E-state index < -0.39 is 15.8 Å². The van der Waals surface area contributed by atoms with Crippen LogP contribution in [0.5, 0.6) is 0 Å². The molecule has 4 nitrogen and oxygen atoms in total. The van der Waals surface area contributed by atoms with Crippen molar-refractivity contribution in [3.8, 4) is 0 Å². The Balaban J connectivity index is 2.40. The Bertz CT molecular complexity index is 598. The number of rotatable bonds is 3. The minimum Gasteiger partial charge on any atom is -0.392 e. The van der Waals surface area contributed by atoms with E-state index in [9.17, 15) is 12.8 Å². The minimum absolute atomic E-state index is 0.101. The highest BCUT2D eigenvalue weighted by molar-refractivity contribution is 7.89. The summed E-state index contributed by atoms with van der Waals surface area (Å²) in [5.74, 6) is -0.773. The van der Waals surface area contributed by atoms with Gasteiger partial charge in [0, 0.05) is 13.1 Å². The zero-order valence-electron chi connectivity index (χ0n) is 11.8. The van der Waals surface area contributed by atoms with Gasteiger partial charge in [-0.05, 0) is 36.0 Å². The number of piperidine rings is 1. The fourth-order valence-electron chi connectivity index (χ4n) is 2.56. The predicted octanol–water partition coefficient (Wildman–Crippen LogP) is 2.13. The van der Waals surface area contributed by atoms with E-state index in [4.69, 9.17) is 5.11 Å². The van der Waals surface area contributed by atoms with Gasteiger partial charge in [0.25, 0.3) is 0 Å². The van der Waals surface area contributed by atoms with E-state index in [0.29, 0.717) is 18.7 Å². The maximum atomic E-state index is 13.9. The maximum Gasteiger partial charge on any atom is 0.246 e. The van der Waals surface area contributed by atoms with Crippen molar-refractivity contribution >= 4 is 10.0 Å². The monoisotopic (exact) mass is 301 g/mol. The molecule has 1 saturated heterocycles. The molecule has 0 aromatic heterocycles. The number of hydrogen-bond donors (Lipinski definition) is 1. The summed E-state index contributed by atoms with van der Waals surface area (Å²) in [7, 11) is -3.85. The molecule has 1 heterocycles. The normalized spacial score (nSPS) is 20.0. The number of benzene rings is 1. The van der Waals surface area contributed by atoms with Gasteiger partial charge < -0.3 is 5.11 Å². The van der Waals surface area contributed by atoms with Crippen molar-refractivity contribution in [3.63, 3.8) is 0 Å². The highest BCUT2D eigenvalue weighted by Gasteiger charge is 2.35. The number of hydrogen-bond acceptors (Lipinski definition) is 3. The molecule has 0 aliphatic carbocycles. The van der Waals surface area contributed by atoms with Crippen LogP contribution < -0.4 is 0 Å². The zero-order valence-corrected chi connectivity index (χ0v) is 12.6. The summed E-state index contributed by atoms with van der Waals surface area (Å²) in [6, 6.07) is 3.69. The first-order valence-corrected chi connectivity index (χ1v) is 8.10. The van der Waals surface area contributed by atoms with E-state index in [2.05, 4.69) is 0 Å². The molecule has 20 heavy (non-hydrogen) atoms. The molecule has 1 aliphatic rings. The highest BCUT2D eigenvalue weighted by atomic mass is 32.2. The highest BCUT2D eigenvalue weighted by Crippen LogP contribution is 2.32. The molecule has 1 aromatic rings. The largest absolute Gasteiger partial charge is 0.392 e. The molecule has 0 spiro atoms. The average Bonchev–Trinajstić information content (AvgIpc) is 2.38. The molecule has 1 aliphatic heterocycles. The third kappa shape index (κ3) is 3.02. The zero-order chi connectivity index (χ0) is 15.0. The summed E-state index contributed by atoms with van der Waals surface area (Å²) in [4.78, 5) is -0.346. The summed E-state index contributed by atoms with van der Waals surface area (Å²) in [5, 5.41) is 9.08.